The molecule has 0 spiro atoms. The molecule has 0 radical (unpaired) electrons. The SMILES string of the molecule is CC(C)Cc1ccc(C(C)C(=O)[C@]2(N(C(=O)[C@@H](N)CC(=O)O)P(=O)(O)OCCCCC(=O)O)O[C@@]2(C=O)NC(C)(C)C)cc1. The molecule has 246 valence electrons. The summed E-state index contributed by atoms with van der Waals surface area (Å²) in [7, 11) is -5.43. The molecule has 0 aliphatic carbocycles. The number of carboxylic acids is 2. The summed E-state index contributed by atoms with van der Waals surface area (Å²) in [6, 6.07) is 5.10. The Morgan fingerprint density at radius 2 is 1.68 bits per heavy atom. The van der Waals surface area contributed by atoms with Gasteiger partial charge in [-0.05, 0) is 57.1 Å². The van der Waals surface area contributed by atoms with Gasteiger partial charge in [-0.1, -0.05) is 45.0 Å². The first-order chi connectivity index (χ1) is 20.2. The first-order valence-corrected chi connectivity index (χ1v) is 15.9. The van der Waals surface area contributed by atoms with Crippen molar-refractivity contribution in [1.29, 1.82) is 0 Å². The topological polar surface area (TPSA) is 226 Å². The number of nitrogens with two attached hydrogens (primary N) is 1. The summed E-state index contributed by atoms with van der Waals surface area (Å²) in [5.74, 6) is -5.77. The third-order valence-electron chi connectivity index (χ3n) is 6.86. The zero-order valence-electron chi connectivity index (χ0n) is 25.9. The van der Waals surface area contributed by atoms with Crippen molar-refractivity contribution >= 4 is 37.7 Å². The molecule has 1 fully saturated rings. The van der Waals surface area contributed by atoms with Gasteiger partial charge < -0.3 is 25.6 Å². The number of carbonyl (C=O) groups is 5. The Hall–Kier alpha value is -3.00. The number of Topliss-reactive ketones (excluding diaryl/α,β-unsaturated/α-hetero) is 1. The summed E-state index contributed by atoms with van der Waals surface area (Å²) in [5, 5.41) is 21.0. The summed E-state index contributed by atoms with van der Waals surface area (Å²) in [6.45, 7) is 9.96. The number of benzene rings is 1. The molecule has 44 heavy (non-hydrogen) atoms. The lowest BCUT2D eigenvalue weighted by Crippen LogP contribution is -2.62. The fourth-order valence-corrected chi connectivity index (χ4v) is 6.44. The van der Waals surface area contributed by atoms with E-state index >= 15 is 0 Å². The molecule has 1 aliphatic heterocycles. The Kier molecular flexibility index (Phi) is 12.2. The number of ether oxygens (including phenoxy) is 1. The molecule has 6 N–H and O–H groups in total. The highest BCUT2D eigenvalue weighted by Gasteiger charge is 2.83. The highest BCUT2D eigenvalue weighted by Crippen LogP contribution is 2.62. The van der Waals surface area contributed by atoms with Gasteiger partial charge in [-0.25, -0.2) is 9.24 Å². The van der Waals surface area contributed by atoms with Crippen LogP contribution in [0.15, 0.2) is 24.3 Å². The lowest BCUT2D eigenvalue weighted by atomic mass is 9.87. The van der Waals surface area contributed by atoms with E-state index in [4.69, 9.17) is 20.1 Å². The lowest BCUT2D eigenvalue weighted by Gasteiger charge is -2.36. The average molecular weight is 642 g/mol. The average Bonchev–Trinajstić information content (AvgIpc) is 3.53. The molecule has 14 nitrogen and oxygen atoms in total. The van der Waals surface area contributed by atoms with Crippen LogP contribution in [-0.2, 0) is 44.2 Å². The summed E-state index contributed by atoms with van der Waals surface area (Å²) in [4.78, 5) is 74.3. The number of carbonyl (C=O) groups excluding carboxylic acids is 3. The maximum absolute atomic E-state index is 14.4. The van der Waals surface area contributed by atoms with Crippen molar-refractivity contribution in [2.24, 2.45) is 11.7 Å². The van der Waals surface area contributed by atoms with Crippen LogP contribution in [0.3, 0.4) is 0 Å². The number of hydrogen-bond donors (Lipinski definition) is 5. The Morgan fingerprint density at radius 1 is 1.09 bits per heavy atom. The van der Waals surface area contributed by atoms with Crippen LogP contribution in [-0.4, -0.2) is 79.3 Å². The van der Waals surface area contributed by atoms with Crippen molar-refractivity contribution in [3.8, 4) is 0 Å². The fourth-order valence-electron chi connectivity index (χ4n) is 4.91. The van der Waals surface area contributed by atoms with Gasteiger partial charge >= 0.3 is 19.7 Å². The molecular weight excluding hydrogens is 597 g/mol. The summed E-state index contributed by atoms with van der Waals surface area (Å²) < 4.78 is 24.9. The van der Waals surface area contributed by atoms with Gasteiger partial charge in [-0.3, -0.25) is 33.8 Å². The van der Waals surface area contributed by atoms with Crippen LogP contribution < -0.4 is 11.1 Å². The van der Waals surface area contributed by atoms with Crippen molar-refractivity contribution in [2.45, 2.75) is 103 Å². The Bertz CT molecular complexity index is 1280. The number of aldehydes is 1. The van der Waals surface area contributed by atoms with E-state index in [2.05, 4.69) is 19.2 Å². The number of rotatable bonds is 18. The molecule has 1 aromatic rings. The van der Waals surface area contributed by atoms with Crippen LogP contribution in [0.4, 0.5) is 0 Å². The van der Waals surface area contributed by atoms with Crippen LogP contribution in [0.5, 0.6) is 0 Å². The number of epoxide rings is 1. The van der Waals surface area contributed by atoms with E-state index in [1.807, 2.05) is 12.1 Å². The van der Waals surface area contributed by atoms with E-state index in [9.17, 15) is 38.5 Å². The molecule has 1 aromatic carbocycles. The number of amides is 1. The summed E-state index contributed by atoms with van der Waals surface area (Å²) in [5.41, 5.74) is 1.26. The maximum atomic E-state index is 14.4. The second-order valence-corrected chi connectivity index (χ2v) is 14.1. The smallest absolute Gasteiger partial charge is 0.437 e. The summed E-state index contributed by atoms with van der Waals surface area (Å²) >= 11 is 0. The maximum Gasteiger partial charge on any atom is 0.437 e. The number of nitrogens with zero attached hydrogens (tertiary/aromatic N) is 1. The largest absolute Gasteiger partial charge is 0.481 e. The minimum absolute atomic E-state index is 0.0138. The van der Waals surface area contributed by atoms with Gasteiger partial charge in [0.05, 0.1) is 19.1 Å². The zero-order chi connectivity index (χ0) is 33.7. The monoisotopic (exact) mass is 641 g/mol. The van der Waals surface area contributed by atoms with Gasteiger partial charge in [-0.15, -0.1) is 0 Å². The van der Waals surface area contributed by atoms with Crippen LogP contribution >= 0.6 is 7.75 Å². The predicted molar refractivity (Wildman–Crippen MR) is 158 cm³/mol. The van der Waals surface area contributed by atoms with Gasteiger partial charge in [0.1, 0.15) is 0 Å². The number of aliphatic carboxylic acids is 2. The normalized spacial score (nSPS) is 22.5. The highest BCUT2D eigenvalue weighted by molar-refractivity contribution is 7.51. The van der Waals surface area contributed by atoms with E-state index in [1.165, 1.54) is 6.92 Å². The van der Waals surface area contributed by atoms with E-state index in [-0.39, 0.29) is 30.2 Å². The molecule has 1 saturated heterocycles. The Balaban J connectivity index is 2.68. The van der Waals surface area contributed by atoms with Crippen LogP contribution in [0.1, 0.15) is 84.3 Å². The molecule has 0 aromatic heterocycles. The van der Waals surface area contributed by atoms with Crippen molar-refractivity contribution in [3.63, 3.8) is 0 Å². The minimum Gasteiger partial charge on any atom is -0.481 e. The van der Waals surface area contributed by atoms with Gasteiger partial charge in [-0.2, -0.15) is 0 Å². The zero-order valence-corrected chi connectivity index (χ0v) is 26.8. The molecule has 5 atom stereocenters. The Morgan fingerprint density at radius 3 is 2.16 bits per heavy atom. The van der Waals surface area contributed by atoms with Crippen molar-refractivity contribution in [1.82, 2.24) is 9.99 Å². The first kappa shape index (κ1) is 37.2. The molecule has 2 unspecified atom stereocenters. The molecule has 1 amide bonds. The predicted octanol–water partition coefficient (Wildman–Crippen LogP) is 2.57. The number of nitrogens with one attached hydrogen (secondary N) is 1. The van der Waals surface area contributed by atoms with Crippen molar-refractivity contribution in [3.05, 3.63) is 35.4 Å². The number of ketones is 1. The van der Waals surface area contributed by atoms with Crippen molar-refractivity contribution < 1.29 is 52.9 Å². The van der Waals surface area contributed by atoms with E-state index in [0.717, 1.165) is 12.0 Å². The van der Waals surface area contributed by atoms with Gasteiger partial charge in [0, 0.05) is 17.9 Å². The van der Waals surface area contributed by atoms with Gasteiger partial charge in [0.15, 0.2) is 12.1 Å². The standard InChI is InChI=1S/C29H44N3O11P/c1-18(2)15-20-10-12-21(13-11-20)19(3)25(38)29(28(17-33,43-29)31-27(4,5)6)32(26(39)22(30)16-24(36)37)44(40,41)42-14-8-7-9-23(34)35/h10-13,17-19,22,31H,7-9,14-16,30H2,1-6H3,(H,34,35)(H,36,37)(H,40,41)/t19?,22-,28+,29-/m0/s1. The molecule has 1 aliphatic rings. The molecule has 1 heterocycles. The van der Waals surface area contributed by atoms with Gasteiger partial charge in [0.2, 0.25) is 5.72 Å². The fraction of sp³-hybridized carbons (Fsp3) is 0.621. The second-order valence-electron chi connectivity index (χ2n) is 12.4. The van der Waals surface area contributed by atoms with E-state index < -0.39 is 73.4 Å². The van der Waals surface area contributed by atoms with Gasteiger partial charge in [0.25, 0.3) is 11.6 Å². The highest BCUT2D eigenvalue weighted by atomic mass is 31.2. The quantitative estimate of drug-likeness (QED) is 0.0673. The number of hydrogen-bond acceptors (Lipinski definition) is 10. The third-order valence-corrected chi connectivity index (χ3v) is 8.37. The Labute approximate surface area is 256 Å². The van der Waals surface area contributed by atoms with E-state index in [1.54, 1.807) is 32.9 Å². The number of carboxylic acid groups (broad SMARTS) is 2. The third kappa shape index (κ3) is 8.80. The van der Waals surface area contributed by atoms with E-state index in [0.29, 0.717) is 11.5 Å². The molecular formula is C29H44N3O11P. The lowest BCUT2D eigenvalue weighted by molar-refractivity contribution is -0.146. The van der Waals surface area contributed by atoms with Crippen molar-refractivity contribution in [2.75, 3.05) is 6.61 Å². The van der Waals surface area contributed by atoms with Crippen LogP contribution in [0.25, 0.3) is 0 Å². The molecule has 2 rings (SSSR count). The van der Waals surface area contributed by atoms with Crippen LogP contribution in [0, 0.1) is 5.92 Å². The number of unbranched alkanes of at least 4 members (excludes halogenated alkanes) is 1. The first-order valence-electron chi connectivity index (χ1n) is 14.3. The second kappa shape index (κ2) is 14.4. The minimum atomic E-state index is -5.43. The molecule has 15 heteroatoms. The summed E-state index contributed by atoms with van der Waals surface area (Å²) in [6.07, 6.45) is -0.207. The van der Waals surface area contributed by atoms with Crippen LogP contribution in [0.2, 0.25) is 0 Å². The molecule has 0 bridgehead atoms. The molecule has 0 saturated carbocycles.